The predicted molar refractivity (Wildman–Crippen MR) is 102 cm³/mol. The van der Waals surface area contributed by atoms with E-state index >= 15 is 0 Å². The van der Waals surface area contributed by atoms with Gasteiger partial charge in [-0.1, -0.05) is 30.3 Å². The number of hydrogen-bond donors (Lipinski definition) is 0. The first-order valence-electron chi connectivity index (χ1n) is 9.10. The van der Waals surface area contributed by atoms with Gasteiger partial charge in [0, 0.05) is 30.8 Å². The quantitative estimate of drug-likeness (QED) is 0.730. The molecule has 0 radical (unpaired) electrons. The van der Waals surface area contributed by atoms with Gasteiger partial charge in [-0.15, -0.1) is 11.8 Å². The predicted octanol–water partition coefficient (Wildman–Crippen LogP) is 4.37. The van der Waals surface area contributed by atoms with Crippen LogP contribution in [-0.4, -0.2) is 42.7 Å². The average Bonchev–Trinajstić information content (AvgIpc) is 3.16. The summed E-state index contributed by atoms with van der Waals surface area (Å²) in [5.74, 6) is 1.20. The second-order valence-electron chi connectivity index (χ2n) is 6.85. The summed E-state index contributed by atoms with van der Waals surface area (Å²) in [5.41, 5.74) is 1.83. The Kier molecular flexibility index (Phi) is 5.27. The maximum atomic E-state index is 14.2. The van der Waals surface area contributed by atoms with Crippen molar-refractivity contribution in [1.82, 2.24) is 4.90 Å². The van der Waals surface area contributed by atoms with E-state index in [0.29, 0.717) is 30.3 Å². The van der Waals surface area contributed by atoms with Crippen LogP contribution in [0, 0.1) is 5.82 Å². The first-order chi connectivity index (χ1) is 12.7. The number of rotatable bonds is 5. The lowest BCUT2D eigenvalue weighted by atomic mass is 9.99. The Morgan fingerprint density at radius 3 is 2.96 bits per heavy atom. The van der Waals surface area contributed by atoms with E-state index in [0.717, 1.165) is 36.7 Å². The molecule has 136 valence electrons. The minimum Gasteiger partial charge on any atom is -0.488 e. The van der Waals surface area contributed by atoms with E-state index in [1.807, 2.05) is 6.07 Å². The molecule has 0 bridgehead atoms. The molecular weight excluding hydrogens is 349 g/mol. The summed E-state index contributed by atoms with van der Waals surface area (Å²) in [5, 5.41) is 0. The second kappa shape index (κ2) is 7.80. The third-order valence-corrected chi connectivity index (χ3v) is 6.10. The number of ether oxygens (including phenoxy) is 1. The highest BCUT2D eigenvalue weighted by molar-refractivity contribution is 7.99. The monoisotopic (exact) mass is 371 g/mol. The van der Waals surface area contributed by atoms with Crippen molar-refractivity contribution in [3.05, 3.63) is 59.4 Å². The van der Waals surface area contributed by atoms with Crippen LogP contribution in [0.1, 0.15) is 34.7 Å². The Hall–Kier alpha value is -1.85. The summed E-state index contributed by atoms with van der Waals surface area (Å²) < 4.78 is 19.5. The largest absolute Gasteiger partial charge is 0.488 e. The molecule has 0 saturated carbocycles. The molecule has 0 amide bonds. The minimum absolute atomic E-state index is 0.000958. The fourth-order valence-electron chi connectivity index (χ4n) is 3.71. The Morgan fingerprint density at radius 1 is 1.27 bits per heavy atom. The zero-order valence-electron chi connectivity index (χ0n) is 14.6. The van der Waals surface area contributed by atoms with Crippen LogP contribution in [0.3, 0.4) is 0 Å². The van der Waals surface area contributed by atoms with Crippen LogP contribution in [0.5, 0.6) is 5.75 Å². The van der Waals surface area contributed by atoms with Crippen molar-refractivity contribution in [3.8, 4) is 5.75 Å². The standard InChI is InChI=1S/C21H22FNO2S/c22-18-12-17(13-20-21(18)25-10-11-26-20)19(24)7-9-23-8-6-16(14-23)15-4-2-1-3-5-15/h1-5,12-13,16H,6-11,14H2. The number of fused-ring (bicyclic) bond motifs is 1. The van der Waals surface area contributed by atoms with E-state index in [-0.39, 0.29) is 5.78 Å². The van der Waals surface area contributed by atoms with E-state index in [1.165, 1.54) is 11.6 Å². The molecule has 0 spiro atoms. The van der Waals surface area contributed by atoms with Gasteiger partial charge in [-0.05, 0) is 36.6 Å². The van der Waals surface area contributed by atoms with Crippen LogP contribution in [-0.2, 0) is 0 Å². The highest BCUT2D eigenvalue weighted by Gasteiger charge is 2.25. The minimum atomic E-state index is -0.427. The Labute approximate surface area is 157 Å². The SMILES string of the molecule is O=C(CCN1CCC(c2ccccc2)C1)c1cc(F)c2c(c1)SCCO2. The molecule has 26 heavy (non-hydrogen) atoms. The molecule has 0 aromatic heterocycles. The van der Waals surface area contributed by atoms with Crippen LogP contribution in [0.15, 0.2) is 47.4 Å². The van der Waals surface area contributed by atoms with Gasteiger partial charge >= 0.3 is 0 Å². The van der Waals surface area contributed by atoms with Crippen LogP contribution in [0.2, 0.25) is 0 Å². The molecule has 1 saturated heterocycles. The molecular formula is C21H22FNO2S. The number of ketones is 1. The number of hydrogen-bond acceptors (Lipinski definition) is 4. The van der Waals surface area contributed by atoms with Crippen molar-refractivity contribution in [2.75, 3.05) is 32.0 Å². The van der Waals surface area contributed by atoms with E-state index < -0.39 is 5.82 Å². The molecule has 1 fully saturated rings. The highest BCUT2D eigenvalue weighted by atomic mass is 32.2. The van der Waals surface area contributed by atoms with Crippen molar-refractivity contribution in [3.63, 3.8) is 0 Å². The summed E-state index contributed by atoms with van der Waals surface area (Å²) in [7, 11) is 0. The lowest BCUT2D eigenvalue weighted by Crippen LogP contribution is -2.23. The van der Waals surface area contributed by atoms with Gasteiger partial charge in [-0.25, -0.2) is 4.39 Å². The molecule has 3 nitrogen and oxygen atoms in total. The van der Waals surface area contributed by atoms with Crippen LogP contribution >= 0.6 is 11.8 Å². The van der Waals surface area contributed by atoms with Gasteiger partial charge < -0.3 is 9.64 Å². The molecule has 2 aliphatic heterocycles. The van der Waals surface area contributed by atoms with Crippen molar-refractivity contribution < 1.29 is 13.9 Å². The number of carbonyl (C=O) groups is 1. The zero-order valence-corrected chi connectivity index (χ0v) is 15.4. The maximum absolute atomic E-state index is 14.2. The van der Waals surface area contributed by atoms with E-state index in [9.17, 15) is 9.18 Å². The summed E-state index contributed by atoms with van der Waals surface area (Å²) in [6.45, 7) is 3.23. The summed E-state index contributed by atoms with van der Waals surface area (Å²) in [6.07, 6.45) is 1.55. The molecule has 2 heterocycles. The van der Waals surface area contributed by atoms with Gasteiger partial charge in [0.15, 0.2) is 17.3 Å². The van der Waals surface area contributed by atoms with Gasteiger partial charge in [-0.3, -0.25) is 4.79 Å². The van der Waals surface area contributed by atoms with Gasteiger partial charge in [0.25, 0.3) is 0 Å². The Balaban J connectivity index is 1.35. The summed E-state index contributed by atoms with van der Waals surface area (Å²) in [4.78, 5) is 15.6. The van der Waals surface area contributed by atoms with Crippen molar-refractivity contribution in [2.24, 2.45) is 0 Å². The number of halogens is 1. The summed E-state index contributed by atoms with van der Waals surface area (Å²) >= 11 is 1.55. The zero-order chi connectivity index (χ0) is 17.9. The van der Waals surface area contributed by atoms with Gasteiger partial charge in [0.2, 0.25) is 0 Å². The number of likely N-dealkylation sites (tertiary alicyclic amines) is 1. The lowest BCUT2D eigenvalue weighted by Gasteiger charge is -2.19. The lowest BCUT2D eigenvalue weighted by molar-refractivity contribution is 0.0968. The van der Waals surface area contributed by atoms with Gasteiger partial charge in [-0.2, -0.15) is 0 Å². The summed E-state index contributed by atoms with van der Waals surface area (Å²) in [6, 6.07) is 13.6. The molecule has 2 aromatic rings. The van der Waals surface area contributed by atoms with Crippen LogP contribution in [0.4, 0.5) is 4.39 Å². The van der Waals surface area contributed by atoms with E-state index in [2.05, 4.69) is 29.2 Å². The molecule has 2 aliphatic rings. The number of nitrogens with zero attached hydrogens (tertiary/aromatic N) is 1. The molecule has 5 heteroatoms. The first kappa shape index (κ1) is 17.6. The fourth-order valence-corrected chi connectivity index (χ4v) is 4.59. The smallest absolute Gasteiger partial charge is 0.168 e. The number of Topliss-reactive ketones (excluding diaryl/α,β-unsaturated/α-hetero) is 1. The van der Waals surface area contributed by atoms with Gasteiger partial charge in [0.05, 0.1) is 11.5 Å². The van der Waals surface area contributed by atoms with Crippen molar-refractivity contribution in [2.45, 2.75) is 23.7 Å². The third kappa shape index (κ3) is 3.79. The van der Waals surface area contributed by atoms with E-state index in [1.54, 1.807) is 17.8 Å². The topological polar surface area (TPSA) is 29.5 Å². The second-order valence-corrected chi connectivity index (χ2v) is 7.99. The molecule has 2 aromatic carbocycles. The van der Waals surface area contributed by atoms with Crippen LogP contribution < -0.4 is 4.74 Å². The van der Waals surface area contributed by atoms with E-state index in [4.69, 9.17) is 4.74 Å². The number of benzene rings is 2. The first-order valence-corrected chi connectivity index (χ1v) is 10.1. The maximum Gasteiger partial charge on any atom is 0.168 e. The number of carbonyl (C=O) groups excluding carboxylic acids is 1. The molecule has 4 rings (SSSR count). The average molecular weight is 371 g/mol. The molecule has 0 N–H and O–H groups in total. The van der Waals surface area contributed by atoms with Crippen molar-refractivity contribution >= 4 is 17.5 Å². The van der Waals surface area contributed by atoms with Gasteiger partial charge in [0.1, 0.15) is 0 Å². The molecule has 1 unspecified atom stereocenters. The Morgan fingerprint density at radius 2 is 2.12 bits per heavy atom. The Bertz CT molecular complexity index is 796. The normalized spacial score (nSPS) is 19.8. The molecule has 1 atom stereocenters. The number of thioether (sulfide) groups is 1. The molecule has 0 aliphatic carbocycles. The third-order valence-electron chi connectivity index (χ3n) is 5.12. The highest BCUT2D eigenvalue weighted by Crippen LogP contribution is 2.36. The fraction of sp³-hybridized carbons (Fsp3) is 0.381. The van der Waals surface area contributed by atoms with Crippen LogP contribution in [0.25, 0.3) is 0 Å². The van der Waals surface area contributed by atoms with Crippen molar-refractivity contribution in [1.29, 1.82) is 0 Å².